The van der Waals surface area contributed by atoms with Crippen molar-refractivity contribution in [3.8, 4) is 16.9 Å². The van der Waals surface area contributed by atoms with E-state index in [1.54, 1.807) is 24.3 Å². The van der Waals surface area contributed by atoms with Crippen LogP contribution in [0.5, 0.6) is 5.75 Å². The SMILES string of the molecule is O=C(O)CNC(=O)COc1cccc(CC(=O)c2cc(-c3cccc(F)c3)ccc2F)c1. The lowest BCUT2D eigenvalue weighted by molar-refractivity contribution is -0.138. The molecule has 0 saturated carbocycles. The number of carboxylic acids is 1. The third kappa shape index (κ3) is 6.21. The van der Waals surface area contributed by atoms with Gasteiger partial charge in [0.1, 0.15) is 23.9 Å². The molecule has 0 aliphatic heterocycles. The van der Waals surface area contributed by atoms with Gasteiger partial charge in [0.15, 0.2) is 12.4 Å². The number of hydrogen-bond acceptors (Lipinski definition) is 4. The molecule has 0 aliphatic carbocycles. The Morgan fingerprint density at radius 1 is 0.906 bits per heavy atom. The standard InChI is InChI=1S/C24H19F2NO5/c25-18-5-2-4-16(11-18)17-7-8-21(26)20(12-17)22(28)10-15-3-1-6-19(9-15)32-14-23(29)27-13-24(30)31/h1-9,11-12H,10,13-14H2,(H,27,29)(H,30,31). The molecule has 0 unspecified atom stereocenters. The molecular weight excluding hydrogens is 420 g/mol. The Morgan fingerprint density at radius 3 is 2.41 bits per heavy atom. The molecule has 3 rings (SSSR count). The zero-order valence-corrected chi connectivity index (χ0v) is 16.8. The fourth-order valence-corrected chi connectivity index (χ4v) is 2.99. The van der Waals surface area contributed by atoms with Crippen LogP contribution in [0.1, 0.15) is 15.9 Å². The van der Waals surface area contributed by atoms with Gasteiger partial charge in [0.25, 0.3) is 5.91 Å². The Kier molecular flexibility index (Phi) is 7.28. The number of rotatable bonds is 9. The molecule has 8 heteroatoms. The third-order valence-corrected chi connectivity index (χ3v) is 4.49. The van der Waals surface area contributed by atoms with Gasteiger partial charge in [-0.1, -0.05) is 30.3 Å². The number of carbonyl (C=O) groups excluding carboxylic acids is 2. The average molecular weight is 439 g/mol. The van der Waals surface area contributed by atoms with E-state index in [1.807, 2.05) is 0 Å². The van der Waals surface area contributed by atoms with Crippen molar-refractivity contribution in [2.75, 3.05) is 13.2 Å². The molecule has 1 amide bonds. The molecule has 0 aliphatic rings. The molecular formula is C24H19F2NO5. The number of nitrogens with one attached hydrogen (secondary N) is 1. The van der Waals surface area contributed by atoms with Crippen molar-refractivity contribution >= 4 is 17.7 Å². The summed E-state index contributed by atoms with van der Waals surface area (Å²) in [6.07, 6.45) is -0.119. The molecule has 0 aromatic heterocycles. The number of aliphatic carboxylic acids is 1. The Morgan fingerprint density at radius 2 is 1.66 bits per heavy atom. The number of ketones is 1. The predicted octanol–water partition coefficient (Wildman–Crippen LogP) is 3.64. The predicted molar refractivity (Wildman–Crippen MR) is 112 cm³/mol. The summed E-state index contributed by atoms with van der Waals surface area (Å²) >= 11 is 0. The molecule has 0 heterocycles. The highest BCUT2D eigenvalue weighted by molar-refractivity contribution is 5.98. The van der Waals surface area contributed by atoms with E-state index in [1.165, 1.54) is 42.5 Å². The molecule has 0 bridgehead atoms. The summed E-state index contributed by atoms with van der Waals surface area (Å²) in [5.74, 6) is -3.07. The van der Waals surface area contributed by atoms with Gasteiger partial charge >= 0.3 is 5.97 Å². The molecule has 0 saturated heterocycles. The number of carboxylic acid groups (broad SMARTS) is 1. The monoisotopic (exact) mass is 439 g/mol. The Labute approximate surface area is 182 Å². The zero-order chi connectivity index (χ0) is 23.1. The van der Waals surface area contributed by atoms with E-state index in [0.29, 0.717) is 22.4 Å². The number of carbonyl (C=O) groups is 3. The first-order valence-corrected chi connectivity index (χ1v) is 9.61. The van der Waals surface area contributed by atoms with Crippen LogP contribution >= 0.6 is 0 Å². The van der Waals surface area contributed by atoms with Crippen molar-refractivity contribution in [2.24, 2.45) is 0 Å². The average Bonchev–Trinajstić information content (AvgIpc) is 2.76. The Balaban J connectivity index is 1.69. The minimum absolute atomic E-state index is 0.119. The quantitative estimate of drug-likeness (QED) is 0.497. The van der Waals surface area contributed by atoms with Gasteiger partial charge in [-0.15, -0.1) is 0 Å². The maximum atomic E-state index is 14.3. The molecule has 32 heavy (non-hydrogen) atoms. The summed E-state index contributed by atoms with van der Waals surface area (Å²) in [7, 11) is 0. The normalized spacial score (nSPS) is 10.4. The minimum Gasteiger partial charge on any atom is -0.484 e. The lowest BCUT2D eigenvalue weighted by Crippen LogP contribution is -2.33. The number of Topliss-reactive ketones (excluding diaryl/α,β-unsaturated/α-hetero) is 1. The van der Waals surface area contributed by atoms with Crippen LogP contribution in [0.25, 0.3) is 11.1 Å². The molecule has 164 valence electrons. The summed E-state index contributed by atoms with van der Waals surface area (Å²) in [4.78, 5) is 34.7. The van der Waals surface area contributed by atoms with Gasteiger partial charge < -0.3 is 15.2 Å². The van der Waals surface area contributed by atoms with Gasteiger partial charge in [-0.05, 0) is 53.1 Å². The molecule has 3 aromatic carbocycles. The number of halogens is 2. The maximum absolute atomic E-state index is 14.3. The minimum atomic E-state index is -1.17. The van der Waals surface area contributed by atoms with Gasteiger partial charge in [0.05, 0.1) is 5.56 Å². The van der Waals surface area contributed by atoms with Crippen molar-refractivity contribution in [1.82, 2.24) is 5.32 Å². The molecule has 0 fully saturated rings. The van der Waals surface area contributed by atoms with Gasteiger partial charge in [-0.3, -0.25) is 14.4 Å². The van der Waals surface area contributed by atoms with E-state index in [-0.39, 0.29) is 12.0 Å². The highest BCUT2D eigenvalue weighted by atomic mass is 19.1. The van der Waals surface area contributed by atoms with E-state index in [4.69, 9.17) is 9.84 Å². The second-order valence-corrected chi connectivity index (χ2v) is 6.91. The van der Waals surface area contributed by atoms with Gasteiger partial charge in [-0.2, -0.15) is 0 Å². The van der Waals surface area contributed by atoms with Gasteiger partial charge in [0.2, 0.25) is 0 Å². The van der Waals surface area contributed by atoms with Crippen LogP contribution in [0.3, 0.4) is 0 Å². The maximum Gasteiger partial charge on any atom is 0.322 e. The fourth-order valence-electron chi connectivity index (χ4n) is 2.99. The summed E-state index contributed by atoms with van der Waals surface area (Å²) in [6.45, 7) is -0.911. The lowest BCUT2D eigenvalue weighted by atomic mass is 9.97. The molecule has 6 nitrogen and oxygen atoms in total. The number of benzene rings is 3. The Hall–Kier alpha value is -4.07. The molecule has 0 radical (unpaired) electrons. The summed E-state index contributed by atoms with van der Waals surface area (Å²) < 4.78 is 33.1. The Bertz CT molecular complexity index is 1160. The zero-order valence-electron chi connectivity index (χ0n) is 16.8. The van der Waals surface area contributed by atoms with Gasteiger partial charge in [-0.25, -0.2) is 8.78 Å². The second-order valence-electron chi connectivity index (χ2n) is 6.91. The lowest BCUT2D eigenvalue weighted by Gasteiger charge is -2.09. The molecule has 0 spiro atoms. The van der Waals surface area contributed by atoms with Crippen LogP contribution < -0.4 is 10.1 Å². The first-order valence-electron chi connectivity index (χ1n) is 9.61. The number of amides is 1. The van der Waals surface area contributed by atoms with E-state index < -0.39 is 42.4 Å². The van der Waals surface area contributed by atoms with Crippen molar-refractivity contribution in [3.05, 3.63) is 89.5 Å². The van der Waals surface area contributed by atoms with E-state index in [9.17, 15) is 23.2 Å². The van der Waals surface area contributed by atoms with E-state index in [2.05, 4.69) is 5.32 Å². The van der Waals surface area contributed by atoms with Crippen LogP contribution in [0.4, 0.5) is 8.78 Å². The second kappa shape index (κ2) is 10.3. The van der Waals surface area contributed by atoms with Crippen molar-refractivity contribution in [2.45, 2.75) is 6.42 Å². The van der Waals surface area contributed by atoms with Gasteiger partial charge in [0, 0.05) is 6.42 Å². The summed E-state index contributed by atoms with van der Waals surface area (Å²) in [5, 5.41) is 10.7. The van der Waals surface area contributed by atoms with Crippen molar-refractivity contribution in [3.63, 3.8) is 0 Å². The van der Waals surface area contributed by atoms with E-state index in [0.717, 1.165) is 0 Å². The van der Waals surface area contributed by atoms with E-state index >= 15 is 0 Å². The topological polar surface area (TPSA) is 92.7 Å². The van der Waals surface area contributed by atoms with Crippen LogP contribution in [-0.2, 0) is 16.0 Å². The third-order valence-electron chi connectivity index (χ3n) is 4.49. The van der Waals surface area contributed by atoms with Crippen LogP contribution in [-0.4, -0.2) is 35.9 Å². The first kappa shape index (κ1) is 22.6. The van der Waals surface area contributed by atoms with Crippen molar-refractivity contribution in [1.29, 1.82) is 0 Å². The highest BCUT2D eigenvalue weighted by Crippen LogP contribution is 2.24. The molecule has 0 atom stereocenters. The first-order chi connectivity index (χ1) is 15.3. The summed E-state index contributed by atoms with van der Waals surface area (Å²) in [5.41, 5.74) is 1.45. The largest absolute Gasteiger partial charge is 0.484 e. The number of hydrogen-bond donors (Lipinski definition) is 2. The molecule has 2 N–H and O–H groups in total. The van der Waals surface area contributed by atoms with Crippen LogP contribution in [0, 0.1) is 11.6 Å². The van der Waals surface area contributed by atoms with Crippen LogP contribution in [0.15, 0.2) is 66.7 Å². The van der Waals surface area contributed by atoms with Crippen LogP contribution in [0.2, 0.25) is 0 Å². The smallest absolute Gasteiger partial charge is 0.322 e. The number of ether oxygens (including phenoxy) is 1. The summed E-state index contributed by atoms with van der Waals surface area (Å²) in [6, 6.07) is 16.2. The fraction of sp³-hybridized carbons (Fsp3) is 0.125. The molecule has 3 aromatic rings. The highest BCUT2D eigenvalue weighted by Gasteiger charge is 2.15. The van der Waals surface area contributed by atoms with Crippen molar-refractivity contribution < 1.29 is 33.0 Å².